The van der Waals surface area contributed by atoms with Crippen molar-refractivity contribution in [3.63, 3.8) is 0 Å². The highest BCUT2D eigenvalue weighted by Gasteiger charge is 2.15. The number of carbonyl (C=O) groups is 1. The topological polar surface area (TPSA) is 59.2 Å². The van der Waals surface area contributed by atoms with Crippen LogP contribution in [0.5, 0.6) is 0 Å². The van der Waals surface area contributed by atoms with E-state index >= 15 is 0 Å². The summed E-state index contributed by atoms with van der Waals surface area (Å²) in [5, 5.41) is 0. The lowest BCUT2D eigenvalue weighted by Gasteiger charge is -2.22. The van der Waals surface area contributed by atoms with Crippen LogP contribution in [0.2, 0.25) is 0 Å². The van der Waals surface area contributed by atoms with Crippen molar-refractivity contribution in [3.05, 3.63) is 59.9 Å². The molecule has 0 atom stereocenters. The highest BCUT2D eigenvalue weighted by Crippen LogP contribution is 2.12. The van der Waals surface area contributed by atoms with Crippen molar-refractivity contribution in [2.75, 3.05) is 12.3 Å². The third-order valence-electron chi connectivity index (χ3n) is 3.04. The number of aromatic nitrogens is 1. The minimum atomic E-state index is 0.0109. The van der Waals surface area contributed by atoms with Gasteiger partial charge in [-0.1, -0.05) is 19.1 Å². The molecule has 0 aliphatic heterocycles. The quantitative estimate of drug-likeness (QED) is 0.849. The molecule has 1 aromatic carbocycles. The van der Waals surface area contributed by atoms with Crippen LogP contribution in [0.1, 0.15) is 29.3 Å². The maximum absolute atomic E-state index is 12.5. The van der Waals surface area contributed by atoms with Crippen LogP contribution in [-0.2, 0) is 6.54 Å². The number of anilines is 1. The molecule has 2 N–H and O–H groups in total. The van der Waals surface area contributed by atoms with E-state index in [2.05, 4.69) is 11.9 Å². The number of hydrogen-bond acceptors (Lipinski definition) is 3. The predicted octanol–water partition coefficient (Wildman–Crippen LogP) is 2.72. The second-order valence-corrected chi connectivity index (χ2v) is 4.71. The van der Waals surface area contributed by atoms with E-state index in [4.69, 9.17) is 5.73 Å². The average molecular weight is 269 g/mol. The summed E-state index contributed by atoms with van der Waals surface area (Å²) in [6.45, 7) is 3.37. The zero-order chi connectivity index (χ0) is 14.4. The van der Waals surface area contributed by atoms with E-state index in [1.165, 1.54) is 0 Å². The summed E-state index contributed by atoms with van der Waals surface area (Å²) in [5.41, 5.74) is 8.10. The zero-order valence-electron chi connectivity index (χ0n) is 11.6. The Kier molecular flexibility index (Phi) is 4.71. The van der Waals surface area contributed by atoms with Gasteiger partial charge in [0.25, 0.3) is 5.91 Å². The van der Waals surface area contributed by atoms with Crippen molar-refractivity contribution < 1.29 is 4.79 Å². The summed E-state index contributed by atoms with van der Waals surface area (Å²) in [6, 6.07) is 11.2. The molecule has 4 nitrogen and oxygen atoms in total. The summed E-state index contributed by atoms with van der Waals surface area (Å²) >= 11 is 0. The Labute approximate surface area is 119 Å². The van der Waals surface area contributed by atoms with Crippen LogP contribution >= 0.6 is 0 Å². The smallest absolute Gasteiger partial charge is 0.255 e. The van der Waals surface area contributed by atoms with Gasteiger partial charge < -0.3 is 10.6 Å². The van der Waals surface area contributed by atoms with Crippen LogP contribution in [-0.4, -0.2) is 22.3 Å². The van der Waals surface area contributed by atoms with Crippen molar-refractivity contribution in [1.29, 1.82) is 0 Å². The minimum absolute atomic E-state index is 0.0109. The van der Waals surface area contributed by atoms with Gasteiger partial charge in [0, 0.05) is 31.2 Å². The van der Waals surface area contributed by atoms with Gasteiger partial charge in [-0.2, -0.15) is 0 Å². The summed E-state index contributed by atoms with van der Waals surface area (Å²) in [7, 11) is 0. The van der Waals surface area contributed by atoms with Gasteiger partial charge in [0.1, 0.15) is 0 Å². The Morgan fingerprint density at radius 3 is 2.60 bits per heavy atom. The average Bonchev–Trinajstić information content (AvgIpc) is 2.49. The number of benzene rings is 1. The standard InChI is InChI=1S/C16H19N3O/c1-2-10-19(12-13-5-7-15(17)8-6-13)16(20)14-4-3-9-18-11-14/h3-9,11H,2,10,12,17H2,1H3. The summed E-state index contributed by atoms with van der Waals surface area (Å²) < 4.78 is 0. The van der Waals surface area contributed by atoms with Gasteiger partial charge in [-0.15, -0.1) is 0 Å². The Morgan fingerprint density at radius 2 is 2.00 bits per heavy atom. The molecule has 1 heterocycles. The molecule has 0 unspecified atom stereocenters. The maximum atomic E-state index is 12.5. The van der Waals surface area contributed by atoms with Gasteiger partial charge >= 0.3 is 0 Å². The second-order valence-electron chi connectivity index (χ2n) is 4.71. The third kappa shape index (κ3) is 3.57. The lowest BCUT2D eigenvalue weighted by molar-refractivity contribution is 0.0743. The minimum Gasteiger partial charge on any atom is -0.399 e. The molecule has 0 aliphatic rings. The highest BCUT2D eigenvalue weighted by atomic mass is 16.2. The molecule has 4 heteroatoms. The number of carbonyl (C=O) groups excluding carboxylic acids is 1. The molecular formula is C16H19N3O. The molecule has 0 fully saturated rings. The molecular weight excluding hydrogens is 250 g/mol. The molecule has 20 heavy (non-hydrogen) atoms. The van der Waals surface area contributed by atoms with Gasteiger partial charge in [-0.25, -0.2) is 0 Å². The van der Waals surface area contributed by atoms with Gasteiger partial charge in [0.15, 0.2) is 0 Å². The lowest BCUT2D eigenvalue weighted by Crippen LogP contribution is -2.31. The number of nitrogen functional groups attached to an aromatic ring is 1. The van der Waals surface area contributed by atoms with E-state index in [1.54, 1.807) is 24.5 Å². The Bertz CT molecular complexity index is 552. The number of hydrogen-bond donors (Lipinski definition) is 1. The first-order valence-electron chi connectivity index (χ1n) is 6.74. The first kappa shape index (κ1) is 14.1. The lowest BCUT2D eigenvalue weighted by atomic mass is 10.1. The molecule has 2 rings (SSSR count). The van der Waals surface area contributed by atoms with E-state index in [-0.39, 0.29) is 5.91 Å². The Balaban J connectivity index is 2.14. The predicted molar refractivity (Wildman–Crippen MR) is 80.1 cm³/mol. The van der Waals surface area contributed by atoms with E-state index in [0.717, 1.165) is 24.2 Å². The van der Waals surface area contributed by atoms with Crippen LogP contribution in [0.25, 0.3) is 0 Å². The van der Waals surface area contributed by atoms with Crippen LogP contribution in [0, 0.1) is 0 Å². The van der Waals surface area contributed by atoms with Crippen LogP contribution < -0.4 is 5.73 Å². The molecule has 0 aliphatic carbocycles. The fourth-order valence-electron chi connectivity index (χ4n) is 2.04. The van der Waals surface area contributed by atoms with Crippen molar-refractivity contribution in [1.82, 2.24) is 9.88 Å². The van der Waals surface area contributed by atoms with Gasteiger partial charge in [0.2, 0.25) is 0 Å². The number of rotatable bonds is 5. The van der Waals surface area contributed by atoms with E-state index < -0.39 is 0 Å². The monoisotopic (exact) mass is 269 g/mol. The molecule has 0 spiro atoms. The maximum Gasteiger partial charge on any atom is 0.255 e. The fraction of sp³-hybridized carbons (Fsp3) is 0.250. The largest absolute Gasteiger partial charge is 0.399 e. The van der Waals surface area contributed by atoms with Crippen molar-refractivity contribution in [2.45, 2.75) is 19.9 Å². The van der Waals surface area contributed by atoms with Gasteiger partial charge in [0.05, 0.1) is 5.56 Å². The number of pyridine rings is 1. The van der Waals surface area contributed by atoms with Crippen LogP contribution in [0.3, 0.4) is 0 Å². The SMILES string of the molecule is CCCN(Cc1ccc(N)cc1)C(=O)c1cccnc1. The van der Waals surface area contributed by atoms with E-state index in [1.807, 2.05) is 29.2 Å². The summed E-state index contributed by atoms with van der Waals surface area (Å²) in [6.07, 6.45) is 4.19. The fourth-order valence-corrected chi connectivity index (χ4v) is 2.04. The van der Waals surface area contributed by atoms with Crippen molar-refractivity contribution >= 4 is 11.6 Å². The van der Waals surface area contributed by atoms with E-state index in [0.29, 0.717) is 12.1 Å². The first-order chi connectivity index (χ1) is 9.70. The normalized spacial score (nSPS) is 10.2. The van der Waals surface area contributed by atoms with E-state index in [9.17, 15) is 4.79 Å². The van der Waals surface area contributed by atoms with Gasteiger partial charge in [-0.3, -0.25) is 9.78 Å². The van der Waals surface area contributed by atoms with Gasteiger partial charge in [-0.05, 0) is 36.2 Å². The Hall–Kier alpha value is -2.36. The Morgan fingerprint density at radius 1 is 1.25 bits per heavy atom. The number of amides is 1. The molecule has 0 radical (unpaired) electrons. The summed E-state index contributed by atoms with van der Waals surface area (Å²) in [5.74, 6) is 0.0109. The zero-order valence-corrected chi connectivity index (χ0v) is 11.6. The number of nitrogens with zero attached hydrogens (tertiary/aromatic N) is 2. The molecule has 0 bridgehead atoms. The summed E-state index contributed by atoms with van der Waals surface area (Å²) in [4.78, 5) is 18.3. The van der Waals surface area contributed by atoms with Crippen LogP contribution in [0.4, 0.5) is 5.69 Å². The third-order valence-corrected chi connectivity index (χ3v) is 3.04. The van der Waals surface area contributed by atoms with Crippen molar-refractivity contribution in [2.24, 2.45) is 0 Å². The highest BCUT2D eigenvalue weighted by molar-refractivity contribution is 5.93. The first-order valence-corrected chi connectivity index (χ1v) is 6.74. The van der Waals surface area contributed by atoms with Crippen LogP contribution in [0.15, 0.2) is 48.8 Å². The second kappa shape index (κ2) is 6.70. The van der Waals surface area contributed by atoms with Crippen molar-refractivity contribution in [3.8, 4) is 0 Å². The molecule has 2 aromatic rings. The molecule has 0 saturated heterocycles. The molecule has 1 aromatic heterocycles. The number of nitrogens with two attached hydrogens (primary N) is 1. The molecule has 104 valence electrons. The molecule has 1 amide bonds. The molecule has 0 saturated carbocycles.